The number of anilines is 1. The number of benzene rings is 2. The van der Waals surface area contributed by atoms with Crippen LogP contribution in [0.25, 0.3) is 10.2 Å². The number of rotatable bonds is 5. The number of aromatic nitrogens is 1. The maximum Gasteiger partial charge on any atom is 0.296 e. The molecule has 0 spiro atoms. The molecular weight excluding hydrogens is 467 g/mol. The molecule has 0 aliphatic carbocycles. The molecule has 4 aromatic rings. The third-order valence-electron chi connectivity index (χ3n) is 5.26. The number of hydrogen-bond donors (Lipinski definition) is 2. The monoisotopic (exact) mass is 482 g/mol. The van der Waals surface area contributed by atoms with E-state index in [1.807, 2.05) is 0 Å². The first-order valence-electron chi connectivity index (χ1n) is 9.67. The van der Waals surface area contributed by atoms with Crippen LogP contribution in [0, 0.1) is 5.82 Å². The molecule has 1 unspecified atom stereocenters. The molecular formula is C23H15FN2O5S2. The van der Waals surface area contributed by atoms with Crippen molar-refractivity contribution in [3.8, 4) is 11.5 Å². The minimum atomic E-state index is -1.04. The first-order valence-corrected chi connectivity index (χ1v) is 11.4. The molecule has 1 aliphatic rings. The first-order chi connectivity index (χ1) is 15.9. The number of thiazole rings is 1. The topological polar surface area (TPSA) is 100.0 Å². The number of aliphatic hydroxyl groups excluding tert-OH is 1. The lowest BCUT2D eigenvalue weighted by Crippen LogP contribution is -2.30. The van der Waals surface area contributed by atoms with Gasteiger partial charge in [-0.15, -0.1) is 11.3 Å². The van der Waals surface area contributed by atoms with E-state index in [0.717, 1.165) is 11.3 Å². The lowest BCUT2D eigenvalue weighted by Gasteiger charge is -2.24. The van der Waals surface area contributed by atoms with Crippen molar-refractivity contribution in [3.05, 3.63) is 81.5 Å². The number of methoxy groups -OCH3 is 1. The lowest BCUT2D eigenvalue weighted by atomic mass is 9.95. The van der Waals surface area contributed by atoms with Crippen LogP contribution in [-0.4, -0.2) is 34.0 Å². The fourth-order valence-corrected chi connectivity index (χ4v) is 5.44. The minimum absolute atomic E-state index is 0.111. The van der Waals surface area contributed by atoms with Crippen LogP contribution in [0.2, 0.25) is 0 Å². The zero-order valence-electron chi connectivity index (χ0n) is 17.0. The number of aliphatic hydroxyl groups is 1. The Morgan fingerprint density at radius 3 is 2.73 bits per heavy atom. The van der Waals surface area contributed by atoms with E-state index in [4.69, 9.17) is 4.74 Å². The molecule has 0 saturated heterocycles. The van der Waals surface area contributed by atoms with Crippen LogP contribution in [0.15, 0.2) is 65.2 Å². The number of ether oxygens (including phenoxy) is 1. The zero-order valence-corrected chi connectivity index (χ0v) is 18.6. The average molecular weight is 483 g/mol. The number of nitrogens with zero attached hydrogens (tertiary/aromatic N) is 2. The van der Waals surface area contributed by atoms with Gasteiger partial charge in [0.25, 0.3) is 5.91 Å². The molecule has 0 radical (unpaired) electrons. The van der Waals surface area contributed by atoms with E-state index in [1.54, 1.807) is 17.5 Å². The van der Waals surface area contributed by atoms with E-state index in [2.05, 4.69) is 4.98 Å². The number of ketones is 1. The Kier molecular flexibility index (Phi) is 5.10. The molecule has 1 aliphatic heterocycles. The van der Waals surface area contributed by atoms with Gasteiger partial charge in [-0.1, -0.05) is 23.5 Å². The number of phenolic OH excluding ortho intramolecular Hbond substituents is 1. The van der Waals surface area contributed by atoms with Gasteiger partial charge in [0, 0.05) is 0 Å². The summed E-state index contributed by atoms with van der Waals surface area (Å²) in [6.07, 6.45) is 0. The van der Waals surface area contributed by atoms with Crippen LogP contribution < -0.4 is 9.64 Å². The van der Waals surface area contributed by atoms with Gasteiger partial charge in [-0.25, -0.2) is 9.37 Å². The Hall–Kier alpha value is -3.76. The summed E-state index contributed by atoms with van der Waals surface area (Å²) in [5.74, 6) is -2.41. The largest absolute Gasteiger partial charge is 0.504 e. The first kappa shape index (κ1) is 21.1. The van der Waals surface area contributed by atoms with E-state index in [9.17, 15) is 24.2 Å². The van der Waals surface area contributed by atoms with Gasteiger partial charge in [0.05, 0.1) is 33.8 Å². The average Bonchev–Trinajstić information content (AvgIpc) is 3.53. The summed E-state index contributed by atoms with van der Waals surface area (Å²) in [7, 11) is 1.38. The Balaban J connectivity index is 1.70. The van der Waals surface area contributed by atoms with Crippen LogP contribution in [0.1, 0.15) is 21.3 Å². The van der Waals surface area contributed by atoms with E-state index in [0.29, 0.717) is 20.7 Å². The second kappa shape index (κ2) is 7.98. The predicted molar refractivity (Wildman–Crippen MR) is 123 cm³/mol. The minimum Gasteiger partial charge on any atom is -0.504 e. The fourth-order valence-electron chi connectivity index (χ4n) is 3.74. The van der Waals surface area contributed by atoms with Gasteiger partial charge < -0.3 is 14.9 Å². The van der Waals surface area contributed by atoms with Crippen molar-refractivity contribution in [2.45, 2.75) is 6.04 Å². The molecule has 33 heavy (non-hydrogen) atoms. The Bertz CT molecular complexity index is 1440. The second-order valence-electron chi connectivity index (χ2n) is 7.19. The van der Waals surface area contributed by atoms with E-state index in [1.165, 1.54) is 59.7 Å². The van der Waals surface area contributed by atoms with Crippen LogP contribution in [0.5, 0.6) is 11.5 Å². The number of fused-ring (bicyclic) bond motifs is 1. The Morgan fingerprint density at radius 1 is 1.18 bits per heavy atom. The summed E-state index contributed by atoms with van der Waals surface area (Å²) >= 11 is 2.25. The number of phenols is 1. The maximum absolute atomic E-state index is 13.7. The van der Waals surface area contributed by atoms with Crippen molar-refractivity contribution < 1.29 is 28.9 Å². The highest BCUT2D eigenvalue weighted by Gasteiger charge is 2.46. The lowest BCUT2D eigenvalue weighted by molar-refractivity contribution is -0.117. The zero-order chi connectivity index (χ0) is 23.3. The van der Waals surface area contributed by atoms with Gasteiger partial charge in [0.1, 0.15) is 5.82 Å². The van der Waals surface area contributed by atoms with Gasteiger partial charge in [-0.2, -0.15) is 0 Å². The van der Waals surface area contributed by atoms with Crippen molar-refractivity contribution in [2.24, 2.45) is 0 Å². The van der Waals surface area contributed by atoms with Crippen molar-refractivity contribution in [2.75, 3.05) is 12.0 Å². The molecule has 166 valence electrons. The third kappa shape index (κ3) is 3.43. The smallest absolute Gasteiger partial charge is 0.296 e. The molecule has 2 aromatic carbocycles. The number of carbonyl (C=O) groups excluding carboxylic acids is 2. The van der Waals surface area contributed by atoms with Crippen molar-refractivity contribution in [3.63, 3.8) is 0 Å². The van der Waals surface area contributed by atoms with Gasteiger partial charge >= 0.3 is 0 Å². The van der Waals surface area contributed by atoms with Gasteiger partial charge in [0.15, 0.2) is 22.4 Å². The molecule has 10 heteroatoms. The quantitative estimate of drug-likeness (QED) is 0.389. The van der Waals surface area contributed by atoms with E-state index >= 15 is 0 Å². The Labute approximate surface area is 194 Å². The maximum atomic E-state index is 13.7. The molecule has 0 bridgehead atoms. The van der Waals surface area contributed by atoms with Crippen LogP contribution in [0.3, 0.4) is 0 Å². The third-order valence-corrected chi connectivity index (χ3v) is 7.15. The number of halogens is 1. The standard InChI is InChI=1S/C23H15FN2O5S2/c1-31-15-9-11(4-7-14(15)27)19-18(20(28)16-3-2-8-32-16)21(29)22(30)26(19)23-25-13-6-5-12(24)10-17(13)33-23/h2-10,19,27,29H,1H3. The van der Waals surface area contributed by atoms with Crippen LogP contribution in [-0.2, 0) is 4.79 Å². The molecule has 2 aromatic heterocycles. The number of hydrogen-bond acceptors (Lipinski definition) is 8. The van der Waals surface area contributed by atoms with Crippen molar-refractivity contribution in [1.82, 2.24) is 4.98 Å². The summed E-state index contributed by atoms with van der Waals surface area (Å²) in [6, 6.07) is 10.8. The molecule has 0 saturated carbocycles. The summed E-state index contributed by atoms with van der Waals surface area (Å²) < 4.78 is 19.4. The van der Waals surface area contributed by atoms with Gasteiger partial charge in [-0.05, 0) is 47.3 Å². The number of thiophene rings is 1. The molecule has 5 rings (SSSR count). The van der Waals surface area contributed by atoms with Gasteiger partial charge in [-0.3, -0.25) is 14.5 Å². The summed E-state index contributed by atoms with van der Waals surface area (Å²) in [6.45, 7) is 0. The molecule has 1 atom stereocenters. The molecule has 1 amide bonds. The summed E-state index contributed by atoms with van der Waals surface area (Å²) in [5.41, 5.74) is 0.789. The molecule has 2 N–H and O–H groups in total. The summed E-state index contributed by atoms with van der Waals surface area (Å²) in [4.78, 5) is 32.6. The number of amides is 1. The van der Waals surface area contributed by atoms with Crippen molar-refractivity contribution >= 4 is 49.7 Å². The molecule has 0 fully saturated rings. The predicted octanol–water partition coefficient (Wildman–Crippen LogP) is 4.99. The van der Waals surface area contributed by atoms with E-state index < -0.39 is 29.3 Å². The SMILES string of the molecule is COc1cc(C2C(C(=O)c3cccs3)=C(O)C(=O)N2c2nc3ccc(F)cc3s2)ccc1O. The van der Waals surface area contributed by atoms with Gasteiger partial charge in [0.2, 0.25) is 5.78 Å². The molecule has 7 nitrogen and oxygen atoms in total. The highest BCUT2D eigenvalue weighted by Crippen LogP contribution is 2.45. The fraction of sp³-hybridized carbons (Fsp3) is 0.0870. The number of aromatic hydroxyl groups is 1. The van der Waals surface area contributed by atoms with Crippen LogP contribution in [0.4, 0.5) is 9.52 Å². The molecule has 3 heterocycles. The van der Waals surface area contributed by atoms with Crippen molar-refractivity contribution in [1.29, 1.82) is 0 Å². The Morgan fingerprint density at radius 2 is 2.00 bits per heavy atom. The normalized spacial score (nSPS) is 16.1. The van der Waals surface area contributed by atoms with Crippen LogP contribution >= 0.6 is 22.7 Å². The number of Topliss-reactive ketones (excluding diaryl/α,β-unsaturated/α-hetero) is 1. The number of carbonyl (C=O) groups is 2. The second-order valence-corrected chi connectivity index (χ2v) is 9.14. The highest BCUT2D eigenvalue weighted by molar-refractivity contribution is 7.22. The van der Waals surface area contributed by atoms with E-state index in [-0.39, 0.29) is 22.2 Å². The highest BCUT2D eigenvalue weighted by atomic mass is 32.1. The summed E-state index contributed by atoms with van der Waals surface area (Å²) in [5, 5.41) is 22.7.